The van der Waals surface area contributed by atoms with Crippen molar-refractivity contribution in [1.82, 2.24) is 9.80 Å². The van der Waals surface area contributed by atoms with Crippen molar-refractivity contribution >= 4 is 8.80 Å². The standard InChI is InChI=1S/C13H26N2Si/c1-3-12-16(2)13(14-8-4-5-9-14)15-10-6-7-11-15/h3,12-13,16H,4-11H2,1-2H3. The van der Waals surface area contributed by atoms with Crippen LogP contribution in [-0.2, 0) is 0 Å². The van der Waals surface area contributed by atoms with E-state index in [0.717, 1.165) is 5.79 Å². The molecule has 0 amide bonds. The zero-order chi connectivity index (χ0) is 11.4. The number of likely N-dealkylation sites (tertiary alicyclic amines) is 2. The second-order valence-corrected chi connectivity index (χ2v) is 7.98. The summed E-state index contributed by atoms with van der Waals surface area (Å²) in [4.78, 5) is 5.53. The van der Waals surface area contributed by atoms with Gasteiger partial charge in [-0.2, -0.15) is 0 Å². The molecule has 2 rings (SSSR count). The summed E-state index contributed by atoms with van der Waals surface area (Å²) in [6, 6.07) is 0. The van der Waals surface area contributed by atoms with Gasteiger partial charge >= 0.3 is 0 Å². The van der Waals surface area contributed by atoms with E-state index in [1.165, 1.54) is 51.9 Å². The predicted octanol–water partition coefficient (Wildman–Crippen LogP) is 2.02. The Morgan fingerprint density at radius 3 is 1.75 bits per heavy atom. The SMILES string of the molecule is CC=C[SiH](C)C(N1CCCC1)N1CCCC1. The average Bonchev–Trinajstić information content (AvgIpc) is 2.91. The first-order valence-corrected chi connectivity index (χ1v) is 9.42. The Kier molecular flexibility index (Phi) is 4.62. The minimum Gasteiger partial charge on any atom is -0.291 e. The largest absolute Gasteiger partial charge is 0.291 e. The van der Waals surface area contributed by atoms with Crippen LogP contribution in [0.25, 0.3) is 0 Å². The molecule has 2 saturated heterocycles. The molecule has 0 bridgehead atoms. The monoisotopic (exact) mass is 238 g/mol. The smallest absolute Gasteiger partial charge is 0.0951 e. The minimum atomic E-state index is -0.752. The minimum absolute atomic E-state index is 0.752. The summed E-state index contributed by atoms with van der Waals surface area (Å²) in [6.07, 6.45) is 7.95. The zero-order valence-electron chi connectivity index (χ0n) is 10.9. The molecule has 16 heavy (non-hydrogen) atoms. The second-order valence-electron chi connectivity index (χ2n) is 5.28. The molecule has 92 valence electrons. The van der Waals surface area contributed by atoms with Crippen LogP contribution in [0.15, 0.2) is 11.8 Å². The lowest BCUT2D eigenvalue weighted by Crippen LogP contribution is -2.53. The van der Waals surface area contributed by atoms with Gasteiger partial charge < -0.3 is 0 Å². The summed E-state index contributed by atoms with van der Waals surface area (Å²) in [5.74, 6) is 0.807. The van der Waals surface area contributed by atoms with Crippen molar-refractivity contribution in [2.24, 2.45) is 0 Å². The highest BCUT2D eigenvalue weighted by Crippen LogP contribution is 2.21. The average molecular weight is 238 g/mol. The van der Waals surface area contributed by atoms with Gasteiger partial charge in [-0.3, -0.25) is 9.80 Å². The van der Waals surface area contributed by atoms with E-state index in [4.69, 9.17) is 0 Å². The molecule has 0 saturated carbocycles. The summed E-state index contributed by atoms with van der Waals surface area (Å²) in [5, 5.41) is 0. The van der Waals surface area contributed by atoms with Crippen LogP contribution in [0.1, 0.15) is 32.6 Å². The summed E-state index contributed by atoms with van der Waals surface area (Å²) >= 11 is 0. The van der Waals surface area contributed by atoms with Gasteiger partial charge in [0.15, 0.2) is 0 Å². The number of nitrogens with zero attached hydrogens (tertiary/aromatic N) is 2. The summed E-state index contributed by atoms with van der Waals surface area (Å²) in [5.41, 5.74) is 2.52. The van der Waals surface area contributed by atoms with Crippen molar-refractivity contribution < 1.29 is 0 Å². The van der Waals surface area contributed by atoms with Crippen molar-refractivity contribution in [2.45, 2.75) is 44.9 Å². The molecule has 2 aliphatic heterocycles. The van der Waals surface area contributed by atoms with E-state index in [2.05, 4.69) is 35.0 Å². The van der Waals surface area contributed by atoms with E-state index in [1.54, 1.807) is 0 Å². The molecular weight excluding hydrogens is 212 g/mol. The summed E-state index contributed by atoms with van der Waals surface area (Å²) in [7, 11) is -0.752. The van der Waals surface area contributed by atoms with Crippen molar-refractivity contribution in [3.05, 3.63) is 11.8 Å². The summed E-state index contributed by atoms with van der Waals surface area (Å²) < 4.78 is 0. The molecule has 3 heteroatoms. The second kappa shape index (κ2) is 5.99. The Labute approximate surface area is 102 Å². The number of hydrogen-bond donors (Lipinski definition) is 0. The van der Waals surface area contributed by atoms with Gasteiger partial charge in [0.25, 0.3) is 0 Å². The first kappa shape index (κ1) is 12.3. The topological polar surface area (TPSA) is 6.48 Å². The lowest BCUT2D eigenvalue weighted by Gasteiger charge is -2.38. The van der Waals surface area contributed by atoms with E-state index in [0.29, 0.717) is 0 Å². The van der Waals surface area contributed by atoms with E-state index in [1.807, 2.05) is 0 Å². The van der Waals surface area contributed by atoms with Gasteiger partial charge in [-0.1, -0.05) is 18.3 Å². The number of rotatable bonds is 4. The first-order valence-electron chi connectivity index (χ1n) is 6.94. The van der Waals surface area contributed by atoms with Crippen LogP contribution in [0.3, 0.4) is 0 Å². The van der Waals surface area contributed by atoms with E-state index < -0.39 is 8.80 Å². The Balaban J connectivity index is 2.04. The van der Waals surface area contributed by atoms with Crippen molar-refractivity contribution in [2.75, 3.05) is 26.2 Å². The molecule has 0 N–H and O–H groups in total. The number of hydrogen-bond acceptors (Lipinski definition) is 2. The van der Waals surface area contributed by atoms with Crippen LogP contribution in [-0.4, -0.2) is 50.6 Å². The lowest BCUT2D eigenvalue weighted by atomic mass is 10.4. The van der Waals surface area contributed by atoms with Crippen LogP contribution in [0, 0.1) is 0 Å². The van der Waals surface area contributed by atoms with Gasteiger partial charge in [0.2, 0.25) is 0 Å². The van der Waals surface area contributed by atoms with Gasteiger partial charge in [0.05, 0.1) is 14.6 Å². The van der Waals surface area contributed by atoms with E-state index in [-0.39, 0.29) is 0 Å². The molecule has 1 unspecified atom stereocenters. The van der Waals surface area contributed by atoms with E-state index >= 15 is 0 Å². The van der Waals surface area contributed by atoms with Crippen molar-refractivity contribution in [3.63, 3.8) is 0 Å². The molecule has 2 aliphatic rings. The Bertz CT molecular complexity index is 214. The van der Waals surface area contributed by atoms with Crippen molar-refractivity contribution in [3.8, 4) is 0 Å². The third-order valence-electron chi connectivity index (χ3n) is 4.00. The number of allylic oxidation sites excluding steroid dienone is 1. The summed E-state index contributed by atoms with van der Waals surface area (Å²) in [6.45, 7) is 10.1. The molecule has 0 aliphatic carbocycles. The third-order valence-corrected chi connectivity index (χ3v) is 6.77. The van der Waals surface area contributed by atoms with Gasteiger partial charge in [-0.15, -0.1) is 0 Å². The maximum atomic E-state index is 2.77. The molecule has 0 aromatic carbocycles. The van der Waals surface area contributed by atoms with Crippen LogP contribution in [0.2, 0.25) is 6.55 Å². The first-order chi connectivity index (χ1) is 7.83. The molecule has 0 aromatic rings. The normalized spacial score (nSPS) is 26.2. The molecule has 2 fully saturated rings. The molecule has 0 radical (unpaired) electrons. The molecule has 2 heterocycles. The molecule has 0 spiro atoms. The molecule has 0 aromatic heterocycles. The highest BCUT2D eigenvalue weighted by Gasteiger charge is 2.32. The highest BCUT2D eigenvalue weighted by atomic mass is 28.3. The predicted molar refractivity (Wildman–Crippen MR) is 73.2 cm³/mol. The van der Waals surface area contributed by atoms with Gasteiger partial charge in [-0.05, 0) is 58.8 Å². The molecular formula is C13H26N2Si. The fourth-order valence-corrected chi connectivity index (χ4v) is 6.04. The van der Waals surface area contributed by atoms with Gasteiger partial charge in [-0.25, -0.2) is 0 Å². The van der Waals surface area contributed by atoms with Crippen LogP contribution in [0.5, 0.6) is 0 Å². The fourth-order valence-electron chi connectivity index (χ4n) is 3.31. The Morgan fingerprint density at radius 2 is 1.38 bits per heavy atom. The molecule has 2 nitrogen and oxygen atoms in total. The van der Waals surface area contributed by atoms with Crippen LogP contribution < -0.4 is 0 Å². The lowest BCUT2D eigenvalue weighted by molar-refractivity contribution is 0.140. The quantitative estimate of drug-likeness (QED) is 0.691. The van der Waals surface area contributed by atoms with Crippen LogP contribution in [0.4, 0.5) is 0 Å². The Hall–Kier alpha value is -0.123. The van der Waals surface area contributed by atoms with E-state index in [9.17, 15) is 0 Å². The van der Waals surface area contributed by atoms with Gasteiger partial charge in [0.1, 0.15) is 0 Å². The third kappa shape index (κ3) is 2.76. The fraction of sp³-hybridized carbons (Fsp3) is 0.846. The highest BCUT2D eigenvalue weighted by molar-refractivity contribution is 6.64. The maximum absolute atomic E-state index is 2.77. The molecule has 1 atom stereocenters. The van der Waals surface area contributed by atoms with Crippen molar-refractivity contribution in [1.29, 1.82) is 0 Å². The Morgan fingerprint density at radius 1 is 0.938 bits per heavy atom. The zero-order valence-corrected chi connectivity index (χ0v) is 12.0. The van der Waals surface area contributed by atoms with Gasteiger partial charge in [0, 0.05) is 0 Å². The maximum Gasteiger partial charge on any atom is 0.0951 e. The van der Waals surface area contributed by atoms with Crippen LogP contribution >= 0.6 is 0 Å².